The van der Waals surface area contributed by atoms with Gasteiger partial charge in [0.25, 0.3) is 0 Å². The van der Waals surface area contributed by atoms with Crippen LogP contribution in [0.4, 0.5) is 0 Å². The van der Waals surface area contributed by atoms with Gasteiger partial charge < -0.3 is 10.1 Å². The fourth-order valence-electron chi connectivity index (χ4n) is 2.52. The summed E-state index contributed by atoms with van der Waals surface area (Å²) in [5, 5.41) is 9.38. The van der Waals surface area contributed by atoms with E-state index in [1.54, 1.807) is 6.92 Å². The van der Waals surface area contributed by atoms with Gasteiger partial charge in [-0.2, -0.15) is 4.31 Å². The van der Waals surface area contributed by atoms with E-state index in [1.165, 1.54) is 18.5 Å². The molecule has 0 spiro atoms. The Morgan fingerprint density at radius 3 is 2.83 bits per heavy atom. The number of hydrogen-bond donors (Lipinski definition) is 2. The molecule has 0 radical (unpaired) electrons. The number of carboxylic acids is 1. The molecule has 2 heterocycles. The highest BCUT2D eigenvalue weighted by Gasteiger charge is 2.52. The van der Waals surface area contributed by atoms with Gasteiger partial charge in [-0.15, -0.1) is 0 Å². The first-order chi connectivity index (χ1) is 8.45. The standard InChI is InChI=1S/C11H16N2O4S/c1-2-11(10(14)15)5-3-7-13(11)18(16,17)9-4-6-12-8-9/h4,6,8,12H,2-3,5,7H2,1H3,(H,14,15). The van der Waals surface area contributed by atoms with E-state index >= 15 is 0 Å². The molecule has 0 aliphatic carbocycles. The molecule has 2 rings (SSSR count). The Bertz CT molecular complexity index is 537. The van der Waals surface area contributed by atoms with E-state index < -0.39 is 21.5 Å². The number of nitrogens with zero attached hydrogens (tertiary/aromatic N) is 1. The van der Waals surface area contributed by atoms with Gasteiger partial charge in [0.15, 0.2) is 0 Å². The Kier molecular flexibility index (Phi) is 3.20. The zero-order valence-electron chi connectivity index (χ0n) is 10.1. The van der Waals surface area contributed by atoms with Crippen LogP contribution in [0, 0.1) is 0 Å². The van der Waals surface area contributed by atoms with Gasteiger partial charge in [0.05, 0.1) is 4.90 Å². The lowest BCUT2D eigenvalue weighted by molar-refractivity contribution is -0.147. The lowest BCUT2D eigenvalue weighted by atomic mass is 9.95. The second-order valence-corrected chi connectivity index (χ2v) is 6.28. The van der Waals surface area contributed by atoms with E-state index in [0.717, 1.165) is 4.31 Å². The third-order valence-electron chi connectivity index (χ3n) is 3.57. The number of sulfonamides is 1. The summed E-state index contributed by atoms with van der Waals surface area (Å²) in [5.41, 5.74) is -1.30. The number of carbonyl (C=O) groups is 1. The summed E-state index contributed by atoms with van der Waals surface area (Å²) in [6, 6.07) is 1.44. The molecule has 0 bridgehead atoms. The van der Waals surface area contributed by atoms with Crippen molar-refractivity contribution in [3.05, 3.63) is 18.5 Å². The van der Waals surface area contributed by atoms with E-state index in [4.69, 9.17) is 0 Å². The molecule has 0 saturated carbocycles. The number of aromatic nitrogens is 1. The predicted molar refractivity (Wildman–Crippen MR) is 64.6 cm³/mol. The Hall–Kier alpha value is -1.34. The van der Waals surface area contributed by atoms with Crippen LogP contribution in [0.25, 0.3) is 0 Å². The van der Waals surface area contributed by atoms with Gasteiger partial charge in [-0.25, -0.2) is 8.42 Å². The fraction of sp³-hybridized carbons (Fsp3) is 0.545. The van der Waals surface area contributed by atoms with E-state index in [9.17, 15) is 18.3 Å². The van der Waals surface area contributed by atoms with Crippen LogP contribution in [-0.2, 0) is 14.8 Å². The largest absolute Gasteiger partial charge is 0.480 e. The molecule has 18 heavy (non-hydrogen) atoms. The maximum atomic E-state index is 12.4. The van der Waals surface area contributed by atoms with Crippen LogP contribution < -0.4 is 0 Å². The first kappa shape index (κ1) is 13.1. The smallest absolute Gasteiger partial charge is 0.325 e. The Morgan fingerprint density at radius 1 is 1.61 bits per heavy atom. The van der Waals surface area contributed by atoms with Crippen molar-refractivity contribution in [2.75, 3.05) is 6.54 Å². The van der Waals surface area contributed by atoms with Gasteiger partial charge >= 0.3 is 5.97 Å². The van der Waals surface area contributed by atoms with Crippen molar-refractivity contribution in [3.8, 4) is 0 Å². The molecule has 1 fully saturated rings. The Balaban J connectivity index is 2.47. The van der Waals surface area contributed by atoms with Gasteiger partial charge in [-0.3, -0.25) is 4.79 Å². The summed E-state index contributed by atoms with van der Waals surface area (Å²) in [4.78, 5) is 14.3. The molecule has 6 nitrogen and oxygen atoms in total. The van der Waals surface area contributed by atoms with Crippen molar-refractivity contribution in [1.82, 2.24) is 9.29 Å². The summed E-state index contributed by atoms with van der Waals surface area (Å²) >= 11 is 0. The topological polar surface area (TPSA) is 90.5 Å². The number of hydrogen-bond acceptors (Lipinski definition) is 3. The SMILES string of the molecule is CCC1(C(=O)O)CCCN1S(=O)(=O)c1cc[nH]c1. The second kappa shape index (κ2) is 4.40. The molecular formula is C11H16N2O4S. The Labute approximate surface area is 106 Å². The molecule has 1 aromatic rings. The predicted octanol–water partition coefficient (Wildman–Crippen LogP) is 1.03. The molecule has 1 unspecified atom stereocenters. The fourth-order valence-corrected chi connectivity index (χ4v) is 4.36. The molecular weight excluding hydrogens is 256 g/mol. The minimum Gasteiger partial charge on any atom is -0.480 e. The molecule has 1 aliphatic rings. The highest BCUT2D eigenvalue weighted by atomic mass is 32.2. The van der Waals surface area contributed by atoms with E-state index in [2.05, 4.69) is 4.98 Å². The van der Waals surface area contributed by atoms with Gasteiger partial charge in [0.2, 0.25) is 10.0 Å². The first-order valence-electron chi connectivity index (χ1n) is 5.84. The van der Waals surface area contributed by atoms with Crippen molar-refractivity contribution < 1.29 is 18.3 Å². The maximum Gasteiger partial charge on any atom is 0.325 e. The molecule has 1 aliphatic heterocycles. The molecule has 1 aromatic heterocycles. The molecule has 2 N–H and O–H groups in total. The minimum absolute atomic E-state index is 0.114. The Morgan fingerprint density at radius 2 is 2.33 bits per heavy atom. The van der Waals surface area contributed by atoms with Crippen LogP contribution in [-0.4, -0.2) is 40.9 Å². The van der Waals surface area contributed by atoms with E-state index in [1.807, 2.05) is 0 Å². The number of aliphatic carboxylic acids is 1. The quantitative estimate of drug-likeness (QED) is 0.856. The van der Waals surface area contributed by atoms with Crippen molar-refractivity contribution >= 4 is 16.0 Å². The molecule has 7 heteroatoms. The average Bonchev–Trinajstić information content (AvgIpc) is 2.99. The van der Waals surface area contributed by atoms with Crippen molar-refractivity contribution in [1.29, 1.82) is 0 Å². The zero-order valence-corrected chi connectivity index (χ0v) is 10.9. The van der Waals surface area contributed by atoms with Gasteiger partial charge in [-0.1, -0.05) is 6.92 Å². The van der Waals surface area contributed by atoms with Crippen LogP contribution in [0.3, 0.4) is 0 Å². The number of rotatable bonds is 4. The van der Waals surface area contributed by atoms with Gasteiger partial charge in [0.1, 0.15) is 5.54 Å². The summed E-state index contributed by atoms with van der Waals surface area (Å²) < 4.78 is 26.0. The van der Waals surface area contributed by atoms with Crippen molar-refractivity contribution in [3.63, 3.8) is 0 Å². The summed E-state index contributed by atoms with van der Waals surface area (Å²) in [5.74, 6) is -1.07. The normalized spacial score (nSPS) is 25.4. The van der Waals surface area contributed by atoms with Crippen LogP contribution >= 0.6 is 0 Å². The van der Waals surface area contributed by atoms with E-state index in [-0.39, 0.29) is 17.9 Å². The highest BCUT2D eigenvalue weighted by Crippen LogP contribution is 2.37. The summed E-state index contributed by atoms with van der Waals surface area (Å²) in [7, 11) is -3.74. The highest BCUT2D eigenvalue weighted by molar-refractivity contribution is 7.89. The monoisotopic (exact) mass is 272 g/mol. The van der Waals surface area contributed by atoms with Crippen LogP contribution in [0.15, 0.2) is 23.4 Å². The zero-order chi connectivity index (χ0) is 13.4. The first-order valence-corrected chi connectivity index (χ1v) is 7.28. The number of H-pyrrole nitrogens is 1. The van der Waals surface area contributed by atoms with Gasteiger partial charge in [0, 0.05) is 18.9 Å². The van der Waals surface area contributed by atoms with Gasteiger partial charge in [-0.05, 0) is 25.3 Å². The van der Waals surface area contributed by atoms with Crippen molar-refractivity contribution in [2.45, 2.75) is 36.6 Å². The summed E-state index contributed by atoms with van der Waals surface area (Å²) in [6.45, 7) is 1.97. The molecule has 0 aromatic carbocycles. The number of aromatic amines is 1. The van der Waals surface area contributed by atoms with Crippen molar-refractivity contribution in [2.24, 2.45) is 0 Å². The minimum atomic E-state index is -3.74. The molecule has 1 saturated heterocycles. The molecule has 100 valence electrons. The third-order valence-corrected chi connectivity index (χ3v) is 5.53. The van der Waals surface area contributed by atoms with Crippen LogP contribution in [0.5, 0.6) is 0 Å². The average molecular weight is 272 g/mol. The lowest BCUT2D eigenvalue weighted by Gasteiger charge is -2.32. The van der Waals surface area contributed by atoms with Crippen LogP contribution in [0.1, 0.15) is 26.2 Å². The maximum absolute atomic E-state index is 12.4. The lowest BCUT2D eigenvalue weighted by Crippen LogP contribution is -2.52. The number of nitrogens with one attached hydrogen (secondary N) is 1. The molecule has 0 amide bonds. The number of carboxylic acid groups (broad SMARTS) is 1. The molecule has 1 atom stereocenters. The summed E-state index contributed by atoms with van der Waals surface area (Å²) in [6.07, 6.45) is 4.09. The van der Waals surface area contributed by atoms with Crippen LogP contribution in [0.2, 0.25) is 0 Å². The third kappa shape index (κ3) is 1.74. The van der Waals surface area contributed by atoms with E-state index in [0.29, 0.717) is 12.8 Å². The second-order valence-electron chi connectivity index (χ2n) is 4.42.